The van der Waals surface area contributed by atoms with Crippen molar-refractivity contribution in [2.24, 2.45) is 10.9 Å². The number of ether oxygens (including phenoxy) is 1. The van der Waals surface area contributed by atoms with Gasteiger partial charge in [0.25, 0.3) is 0 Å². The van der Waals surface area contributed by atoms with Crippen LogP contribution in [0.1, 0.15) is 32.8 Å². The van der Waals surface area contributed by atoms with Crippen molar-refractivity contribution in [1.29, 1.82) is 0 Å². The van der Waals surface area contributed by atoms with Gasteiger partial charge in [0.2, 0.25) is 0 Å². The number of benzene rings is 1. The Labute approximate surface area is 114 Å². The third-order valence-electron chi connectivity index (χ3n) is 3.12. The molecule has 0 saturated carbocycles. The van der Waals surface area contributed by atoms with Crippen LogP contribution in [0.3, 0.4) is 0 Å². The van der Waals surface area contributed by atoms with E-state index in [1.165, 1.54) is 0 Å². The minimum Gasteiger partial charge on any atom is -0.492 e. The van der Waals surface area contributed by atoms with Crippen LogP contribution in [0, 0.1) is 0 Å². The summed E-state index contributed by atoms with van der Waals surface area (Å²) in [4.78, 5) is 0. The molecule has 0 radical (unpaired) electrons. The molecule has 0 saturated heterocycles. The van der Waals surface area contributed by atoms with E-state index in [1.807, 2.05) is 0 Å². The summed E-state index contributed by atoms with van der Waals surface area (Å²) < 4.78 is 5.61. The van der Waals surface area contributed by atoms with Gasteiger partial charge in [-0.2, -0.15) is 0 Å². The van der Waals surface area contributed by atoms with Crippen molar-refractivity contribution < 1.29 is 9.94 Å². The van der Waals surface area contributed by atoms with Crippen LogP contribution in [-0.4, -0.2) is 29.7 Å². The first-order valence-electron chi connectivity index (χ1n) is 6.44. The highest BCUT2D eigenvalue weighted by molar-refractivity contribution is 5.97. The molecular formula is C14H23N3O2. The highest BCUT2D eigenvalue weighted by Crippen LogP contribution is 2.12. The molecule has 106 valence electrons. The zero-order valence-corrected chi connectivity index (χ0v) is 11.8. The summed E-state index contributed by atoms with van der Waals surface area (Å²) in [5, 5.41) is 14.9. The molecule has 1 rings (SSSR count). The fourth-order valence-corrected chi connectivity index (χ4v) is 1.46. The smallest absolute Gasteiger partial charge is 0.170 e. The molecule has 0 fully saturated rings. The summed E-state index contributed by atoms with van der Waals surface area (Å²) in [6.45, 7) is 7.88. The van der Waals surface area contributed by atoms with Crippen molar-refractivity contribution >= 4 is 5.84 Å². The molecule has 1 aromatic carbocycles. The van der Waals surface area contributed by atoms with Gasteiger partial charge in [-0.25, -0.2) is 0 Å². The Bertz CT molecular complexity index is 413. The lowest BCUT2D eigenvalue weighted by Crippen LogP contribution is -2.40. The highest BCUT2D eigenvalue weighted by Gasteiger charge is 2.12. The maximum atomic E-state index is 8.55. The van der Waals surface area contributed by atoms with Gasteiger partial charge in [-0.3, -0.25) is 0 Å². The van der Waals surface area contributed by atoms with Crippen LogP contribution in [-0.2, 0) is 0 Å². The number of amidine groups is 1. The Kier molecular flexibility index (Phi) is 5.63. The third kappa shape index (κ3) is 5.18. The van der Waals surface area contributed by atoms with Crippen LogP contribution >= 0.6 is 0 Å². The summed E-state index contributed by atoms with van der Waals surface area (Å²) in [6, 6.07) is 7.12. The summed E-state index contributed by atoms with van der Waals surface area (Å²) in [5.41, 5.74) is 6.28. The molecule has 4 N–H and O–H groups in total. The molecule has 0 aliphatic carbocycles. The van der Waals surface area contributed by atoms with Gasteiger partial charge < -0.3 is 21.0 Å². The van der Waals surface area contributed by atoms with Gasteiger partial charge in [0.1, 0.15) is 12.4 Å². The van der Waals surface area contributed by atoms with Gasteiger partial charge in [0.05, 0.1) is 0 Å². The van der Waals surface area contributed by atoms with Gasteiger partial charge in [0.15, 0.2) is 5.84 Å². The van der Waals surface area contributed by atoms with Crippen LogP contribution in [0.2, 0.25) is 0 Å². The molecule has 0 heterocycles. The van der Waals surface area contributed by atoms with E-state index in [2.05, 4.69) is 31.2 Å². The Hall–Kier alpha value is -1.75. The lowest BCUT2D eigenvalue weighted by Gasteiger charge is -2.24. The second kappa shape index (κ2) is 6.99. The Morgan fingerprint density at radius 1 is 1.37 bits per heavy atom. The van der Waals surface area contributed by atoms with Crippen LogP contribution in [0.25, 0.3) is 0 Å². The molecule has 19 heavy (non-hydrogen) atoms. The first-order chi connectivity index (χ1) is 8.98. The summed E-state index contributed by atoms with van der Waals surface area (Å²) >= 11 is 0. The molecule has 5 heteroatoms. The van der Waals surface area contributed by atoms with E-state index in [9.17, 15) is 0 Å². The molecule has 1 aromatic rings. The second-order valence-corrected chi connectivity index (χ2v) is 5.02. The fraction of sp³-hybridized carbons (Fsp3) is 0.500. The zero-order chi connectivity index (χ0) is 14.3. The predicted molar refractivity (Wildman–Crippen MR) is 76.8 cm³/mol. The molecule has 0 bridgehead atoms. The van der Waals surface area contributed by atoms with Crippen molar-refractivity contribution in [1.82, 2.24) is 5.32 Å². The number of nitrogens with two attached hydrogens (primary N) is 1. The number of rotatable bonds is 7. The van der Waals surface area contributed by atoms with E-state index in [0.717, 1.165) is 18.7 Å². The Balaban J connectivity index is 2.39. The van der Waals surface area contributed by atoms with Crippen LogP contribution in [0.5, 0.6) is 5.75 Å². The largest absolute Gasteiger partial charge is 0.492 e. The van der Waals surface area contributed by atoms with Gasteiger partial charge in [-0.15, -0.1) is 0 Å². The molecule has 0 aromatic heterocycles. The average molecular weight is 265 g/mol. The van der Waals surface area contributed by atoms with Crippen molar-refractivity contribution in [3.8, 4) is 5.75 Å². The fourth-order valence-electron chi connectivity index (χ4n) is 1.46. The molecule has 0 spiro atoms. The summed E-state index contributed by atoms with van der Waals surface area (Å²) in [5.74, 6) is 0.864. The van der Waals surface area contributed by atoms with Gasteiger partial charge in [-0.05, 0) is 44.5 Å². The van der Waals surface area contributed by atoms with Gasteiger partial charge >= 0.3 is 0 Å². The standard InChI is InChI=1S/C14H23N3O2/c1-4-14(2,3)16-9-10-19-12-7-5-11(6-8-12)13(15)17-18/h5-8,16,18H,4,9-10H2,1-3H3,(H2,15,17). The average Bonchev–Trinajstić information content (AvgIpc) is 2.43. The number of oxime groups is 1. The molecule has 0 amide bonds. The molecular weight excluding hydrogens is 242 g/mol. The normalized spacial score (nSPS) is 12.5. The van der Waals surface area contributed by atoms with Crippen molar-refractivity contribution in [2.75, 3.05) is 13.2 Å². The van der Waals surface area contributed by atoms with Gasteiger partial charge in [0, 0.05) is 17.6 Å². The Morgan fingerprint density at radius 3 is 2.53 bits per heavy atom. The topological polar surface area (TPSA) is 79.9 Å². The second-order valence-electron chi connectivity index (χ2n) is 5.02. The monoisotopic (exact) mass is 265 g/mol. The zero-order valence-electron chi connectivity index (χ0n) is 11.8. The van der Waals surface area contributed by atoms with Crippen LogP contribution < -0.4 is 15.8 Å². The number of hydrogen-bond acceptors (Lipinski definition) is 4. The lowest BCUT2D eigenvalue weighted by atomic mass is 10.0. The van der Waals surface area contributed by atoms with Crippen LogP contribution in [0.15, 0.2) is 29.4 Å². The maximum absolute atomic E-state index is 8.55. The minimum atomic E-state index is 0.0953. The van der Waals surface area contributed by atoms with E-state index in [4.69, 9.17) is 15.7 Å². The predicted octanol–water partition coefficient (Wildman–Crippen LogP) is 1.94. The first kappa shape index (κ1) is 15.3. The first-order valence-corrected chi connectivity index (χ1v) is 6.44. The van der Waals surface area contributed by atoms with Crippen molar-refractivity contribution in [2.45, 2.75) is 32.7 Å². The maximum Gasteiger partial charge on any atom is 0.170 e. The summed E-state index contributed by atoms with van der Waals surface area (Å²) in [7, 11) is 0. The highest BCUT2D eigenvalue weighted by atomic mass is 16.5. The SMILES string of the molecule is CCC(C)(C)NCCOc1ccc(C(N)=NO)cc1. The van der Waals surface area contributed by atoms with Crippen LogP contribution in [0.4, 0.5) is 0 Å². The van der Waals surface area contributed by atoms with E-state index in [1.54, 1.807) is 24.3 Å². The van der Waals surface area contributed by atoms with E-state index >= 15 is 0 Å². The number of hydrogen-bond donors (Lipinski definition) is 3. The van der Waals surface area contributed by atoms with E-state index in [-0.39, 0.29) is 11.4 Å². The van der Waals surface area contributed by atoms with E-state index < -0.39 is 0 Å². The Morgan fingerprint density at radius 2 is 2.00 bits per heavy atom. The molecule has 0 aliphatic heterocycles. The van der Waals surface area contributed by atoms with Crippen molar-refractivity contribution in [3.05, 3.63) is 29.8 Å². The number of nitrogens with zero attached hydrogens (tertiary/aromatic N) is 1. The molecule has 0 aliphatic rings. The van der Waals surface area contributed by atoms with Gasteiger partial charge in [-0.1, -0.05) is 12.1 Å². The van der Waals surface area contributed by atoms with Crippen molar-refractivity contribution in [3.63, 3.8) is 0 Å². The number of nitrogens with one attached hydrogen (secondary N) is 1. The molecule has 5 nitrogen and oxygen atoms in total. The third-order valence-corrected chi connectivity index (χ3v) is 3.12. The summed E-state index contributed by atoms with van der Waals surface area (Å²) in [6.07, 6.45) is 1.07. The molecule has 0 unspecified atom stereocenters. The van der Waals surface area contributed by atoms with E-state index in [0.29, 0.717) is 12.2 Å². The lowest BCUT2D eigenvalue weighted by molar-refractivity contribution is 0.281. The minimum absolute atomic E-state index is 0.0953. The molecule has 0 atom stereocenters. The quantitative estimate of drug-likeness (QED) is 0.231.